The van der Waals surface area contributed by atoms with Crippen molar-refractivity contribution in [2.75, 3.05) is 18.5 Å². The second-order valence-electron chi connectivity index (χ2n) is 2.75. The molecule has 0 unspecified atom stereocenters. The van der Waals surface area contributed by atoms with Gasteiger partial charge in [0.2, 0.25) is 5.95 Å². The number of hydrogen-bond acceptors (Lipinski definition) is 4. The van der Waals surface area contributed by atoms with E-state index in [1.54, 1.807) is 19.3 Å². The Bertz CT molecular complexity index is 314. The number of aryl methyl sites for hydroxylation is 1. The molecule has 0 saturated carbocycles. The van der Waals surface area contributed by atoms with Crippen LogP contribution in [0.2, 0.25) is 0 Å². The Morgan fingerprint density at radius 3 is 2.92 bits per heavy atom. The van der Waals surface area contributed by atoms with Crippen molar-refractivity contribution in [3.63, 3.8) is 0 Å². The smallest absolute Gasteiger partial charge is 0.323 e. The molecule has 1 aromatic heterocycles. The normalized spacial score (nSPS) is 9.69. The van der Waals surface area contributed by atoms with Gasteiger partial charge in [-0.05, 0) is 13.0 Å². The summed E-state index contributed by atoms with van der Waals surface area (Å²) in [6.07, 6.45) is 1.61. The Balaban J connectivity index is 2.76. The first-order valence-electron chi connectivity index (χ1n) is 3.82. The quantitative estimate of drug-likeness (QED) is 0.726. The van der Waals surface area contributed by atoms with E-state index in [9.17, 15) is 4.79 Å². The molecule has 0 spiro atoms. The lowest BCUT2D eigenvalue weighted by Gasteiger charge is -2.13. The van der Waals surface area contributed by atoms with Crippen LogP contribution in [-0.2, 0) is 4.79 Å². The van der Waals surface area contributed by atoms with Gasteiger partial charge >= 0.3 is 5.97 Å². The standard InChI is InChI=1S/C8H11N3O2/c1-6-3-4-9-8(10-6)11(2)5-7(12)13/h3-4H,5H2,1-2H3,(H,12,13). The highest BCUT2D eigenvalue weighted by Crippen LogP contribution is 2.03. The van der Waals surface area contributed by atoms with E-state index in [1.807, 2.05) is 6.92 Å². The Morgan fingerprint density at radius 2 is 2.38 bits per heavy atom. The molecule has 0 radical (unpaired) electrons. The molecule has 5 heteroatoms. The minimum Gasteiger partial charge on any atom is -0.480 e. The zero-order valence-corrected chi connectivity index (χ0v) is 7.56. The van der Waals surface area contributed by atoms with Crippen molar-refractivity contribution in [3.05, 3.63) is 18.0 Å². The molecule has 1 N–H and O–H groups in total. The number of rotatable bonds is 3. The van der Waals surface area contributed by atoms with E-state index < -0.39 is 5.97 Å². The molecule has 13 heavy (non-hydrogen) atoms. The van der Waals surface area contributed by atoms with Crippen LogP contribution in [0.1, 0.15) is 5.69 Å². The SMILES string of the molecule is Cc1ccnc(N(C)CC(=O)O)n1. The molecule has 0 aliphatic carbocycles. The van der Waals surface area contributed by atoms with Gasteiger partial charge in [0.1, 0.15) is 6.54 Å². The number of carboxylic acid groups (broad SMARTS) is 1. The lowest BCUT2D eigenvalue weighted by molar-refractivity contribution is -0.135. The van der Waals surface area contributed by atoms with E-state index >= 15 is 0 Å². The molecule has 0 aromatic carbocycles. The largest absolute Gasteiger partial charge is 0.480 e. The number of anilines is 1. The van der Waals surface area contributed by atoms with E-state index in [1.165, 1.54) is 4.90 Å². The fraction of sp³-hybridized carbons (Fsp3) is 0.375. The molecule has 0 amide bonds. The molecule has 5 nitrogen and oxygen atoms in total. The van der Waals surface area contributed by atoms with Gasteiger partial charge in [-0.2, -0.15) is 0 Å². The molecule has 0 fully saturated rings. The van der Waals surface area contributed by atoms with Crippen LogP contribution >= 0.6 is 0 Å². The molecule has 0 bridgehead atoms. The maximum Gasteiger partial charge on any atom is 0.323 e. The second kappa shape index (κ2) is 3.84. The molecule has 1 aromatic rings. The summed E-state index contributed by atoms with van der Waals surface area (Å²) >= 11 is 0. The van der Waals surface area contributed by atoms with Gasteiger partial charge in [0.15, 0.2) is 0 Å². The van der Waals surface area contributed by atoms with Gasteiger partial charge in [-0.25, -0.2) is 9.97 Å². The fourth-order valence-electron chi connectivity index (χ4n) is 0.893. The van der Waals surface area contributed by atoms with Crippen LogP contribution in [0.5, 0.6) is 0 Å². The number of carbonyl (C=O) groups is 1. The summed E-state index contributed by atoms with van der Waals surface area (Å²) in [4.78, 5) is 19.9. The average molecular weight is 181 g/mol. The highest BCUT2D eigenvalue weighted by molar-refractivity contribution is 5.72. The third-order valence-electron chi connectivity index (χ3n) is 1.50. The molecular weight excluding hydrogens is 170 g/mol. The fourth-order valence-corrected chi connectivity index (χ4v) is 0.893. The van der Waals surface area contributed by atoms with Crippen molar-refractivity contribution in [1.82, 2.24) is 9.97 Å². The Hall–Kier alpha value is -1.65. The molecule has 0 saturated heterocycles. The molecule has 1 rings (SSSR count). The van der Waals surface area contributed by atoms with Crippen LogP contribution < -0.4 is 4.90 Å². The first-order valence-corrected chi connectivity index (χ1v) is 3.82. The van der Waals surface area contributed by atoms with Gasteiger partial charge in [0.05, 0.1) is 0 Å². The first kappa shape index (κ1) is 9.44. The van der Waals surface area contributed by atoms with Crippen LogP contribution in [0, 0.1) is 6.92 Å². The van der Waals surface area contributed by atoms with Gasteiger partial charge < -0.3 is 10.0 Å². The number of aromatic nitrogens is 2. The minimum atomic E-state index is -0.896. The number of carboxylic acids is 1. The average Bonchev–Trinajstić information content (AvgIpc) is 2.03. The Labute approximate surface area is 76.0 Å². The summed E-state index contributed by atoms with van der Waals surface area (Å²) in [5.41, 5.74) is 0.822. The number of hydrogen-bond donors (Lipinski definition) is 1. The van der Waals surface area contributed by atoms with E-state index in [0.717, 1.165) is 5.69 Å². The van der Waals surface area contributed by atoms with E-state index in [4.69, 9.17) is 5.11 Å². The zero-order chi connectivity index (χ0) is 9.84. The maximum absolute atomic E-state index is 10.4. The number of nitrogens with zero attached hydrogens (tertiary/aromatic N) is 3. The van der Waals surface area contributed by atoms with Gasteiger partial charge in [-0.15, -0.1) is 0 Å². The van der Waals surface area contributed by atoms with Gasteiger partial charge in [-0.1, -0.05) is 0 Å². The van der Waals surface area contributed by atoms with Crippen LogP contribution in [0.15, 0.2) is 12.3 Å². The third-order valence-corrected chi connectivity index (χ3v) is 1.50. The summed E-state index contributed by atoms with van der Waals surface area (Å²) in [6.45, 7) is 1.74. The first-order chi connectivity index (χ1) is 6.09. The number of likely N-dealkylation sites (N-methyl/N-ethyl adjacent to an activating group) is 1. The molecule has 1 heterocycles. The number of aliphatic carboxylic acids is 1. The summed E-state index contributed by atoms with van der Waals surface area (Å²) in [7, 11) is 1.64. The molecule has 0 atom stereocenters. The van der Waals surface area contributed by atoms with Gasteiger partial charge in [0.25, 0.3) is 0 Å². The van der Waals surface area contributed by atoms with Crippen LogP contribution in [0.4, 0.5) is 5.95 Å². The maximum atomic E-state index is 10.4. The molecule has 0 aliphatic heterocycles. The van der Waals surface area contributed by atoms with Crippen LogP contribution in [0.3, 0.4) is 0 Å². The highest BCUT2D eigenvalue weighted by atomic mass is 16.4. The lowest BCUT2D eigenvalue weighted by Crippen LogP contribution is -2.26. The predicted molar refractivity (Wildman–Crippen MR) is 47.7 cm³/mol. The molecule has 0 aliphatic rings. The van der Waals surface area contributed by atoms with Crippen molar-refractivity contribution in [3.8, 4) is 0 Å². The Kier molecular flexibility index (Phi) is 2.79. The molecular formula is C8H11N3O2. The minimum absolute atomic E-state index is 0.0938. The topological polar surface area (TPSA) is 66.3 Å². The van der Waals surface area contributed by atoms with Crippen molar-refractivity contribution >= 4 is 11.9 Å². The predicted octanol–water partition coefficient (Wildman–Crippen LogP) is 0.306. The summed E-state index contributed by atoms with van der Waals surface area (Å²) in [5, 5.41) is 8.52. The summed E-state index contributed by atoms with van der Waals surface area (Å²) < 4.78 is 0. The summed E-state index contributed by atoms with van der Waals surface area (Å²) in [5.74, 6) is -0.463. The monoisotopic (exact) mass is 181 g/mol. The van der Waals surface area contributed by atoms with Crippen molar-refractivity contribution in [1.29, 1.82) is 0 Å². The van der Waals surface area contributed by atoms with Crippen LogP contribution in [-0.4, -0.2) is 34.6 Å². The van der Waals surface area contributed by atoms with Crippen molar-refractivity contribution in [2.24, 2.45) is 0 Å². The summed E-state index contributed by atoms with van der Waals surface area (Å²) in [6, 6.07) is 1.76. The highest BCUT2D eigenvalue weighted by Gasteiger charge is 2.07. The van der Waals surface area contributed by atoms with E-state index in [-0.39, 0.29) is 6.54 Å². The Morgan fingerprint density at radius 1 is 1.69 bits per heavy atom. The molecule has 70 valence electrons. The van der Waals surface area contributed by atoms with E-state index in [2.05, 4.69) is 9.97 Å². The van der Waals surface area contributed by atoms with Crippen molar-refractivity contribution < 1.29 is 9.90 Å². The van der Waals surface area contributed by atoms with Crippen molar-refractivity contribution in [2.45, 2.75) is 6.92 Å². The van der Waals surface area contributed by atoms with Gasteiger partial charge in [-0.3, -0.25) is 4.79 Å². The van der Waals surface area contributed by atoms with Gasteiger partial charge in [0, 0.05) is 18.9 Å². The lowest BCUT2D eigenvalue weighted by atomic mass is 10.4. The van der Waals surface area contributed by atoms with Crippen LogP contribution in [0.25, 0.3) is 0 Å². The van der Waals surface area contributed by atoms with E-state index in [0.29, 0.717) is 5.95 Å². The zero-order valence-electron chi connectivity index (χ0n) is 7.56. The second-order valence-corrected chi connectivity index (χ2v) is 2.75. The third kappa shape index (κ3) is 2.70.